The van der Waals surface area contributed by atoms with Crippen LogP contribution in [0.25, 0.3) is 0 Å². The molecule has 2 aliphatic heterocycles. The summed E-state index contributed by atoms with van der Waals surface area (Å²) in [6, 6.07) is 0.0789. The molecule has 2 heterocycles. The van der Waals surface area contributed by atoms with Crippen molar-refractivity contribution in [2.75, 3.05) is 33.7 Å². The molecule has 0 aliphatic carbocycles. The number of aliphatic imine (C=N–C) groups is 1. The highest BCUT2D eigenvalue weighted by atomic mass is 16.2. The molecule has 1 amide bonds. The van der Waals surface area contributed by atoms with Gasteiger partial charge in [0.1, 0.15) is 11.9 Å². The van der Waals surface area contributed by atoms with Gasteiger partial charge in [-0.2, -0.15) is 0 Å². The first-order valence-electron chi connectivity index (χ1n) is 6.39. The van der Waals surface area contributed by atoms with E-state index in [9.17, 15) is 4.79 Å². The molecular weight excluding hydrogens is 216 g/mol. The summed E-state index contributed by atoms with van der Waals surface area (Å²) in [4.78, 5) is 20.9. The van der Waals surface area contributed by atoms with Gasteiger partial charge in [0.25, 0.3) is 0 Å². The number of carbonyl (C=O) groups is 1. The third-order valence-corrected chi connectivity index (χ3v) is 3.58. The minimum absolute atomic E-state index is 0.0727. The van der Waals surface area contributed by atoms with Crippen molar-refractivity contribution in [3.63, 3.8) is 0 Å². The van der Waals surface area contributed by atoms with Gasteiger partial charge in [0.2, 0.25) is 5.91 Å². The van der Waals surface area contributed by atoms with Crippen LogP contribution in [0.3, 0.4) is 0 Å². The maximum atomic E-state index is 11.7. The molecule has 1 N–H and O–H groups in total. The summed E-state index contributed by atoms with van der Waals surface area (Å²) in [5.41, 5.74) is 0. The second kappa shape index (κ2) is 5.14. The van der Waals surface area contributed by atoms with Crippen LogP contribution < -0.4 is 5.32 Å². The number of likely N-dealkylation sites (N-methyl/N-ethyl adjacent to an activating group) is 2. The van der Waals surface area contributed by atoms with Crippen molar-refractivity contribution in [2.45, 2.75) is 31.8 Å². The molecule has 2 rings (SSSR count). The molecule has 5 heteroatoms. The second-order valence-corrected chi connectivity index (χ2v) is 5.07. The number of piperazine rings is 1. The predicted octanol–water partition coefficient (Wildman–Crippen LogP) is -0.0708. The van der Waals surface area contributed by atoms with Crippen molar-refractivity contribution in [3.05, 3.63) is 0 Å². The summed E-state index contributed by atoms with van der Waals surface area (Å²) in [5.74, 6) is 0.936. The molecule has 17 heavy (non-hydrogen) atoms. The van der Waals surface area contributed by atoms with E-state index in [0.29, 0.717) is 0 Å². The topological polar surface area (TPSA) is 47.9 Å². The maximum Gasteiger partial charge on any atom is 0.250 e. The van der Waals surface area contributed by atoms with Crippen LogP contribution in [0.2, 0.25) is 0 Å². The number of amides is 1. The van der Waals surface area contributed by atoms with Crippen LogP contribution in [0.15, 0.2) is 4.99 Å². The van der Waals surface area contributed by atoms with Gasteiger partial charge < -0.3 is 10.2 Å². The van der Waals surface area contributed by atoms with E-state index >= 15 is 0 Å². The Morgan fingerprint density at radius 3 is 2.88 bits per heavy atom. The molecule has 1 fully saturated rings. The van der Waals surface area contributed by atoms with Gasteiger partial charge in [-0.25, -0.2) is 0 Å². The van der Waals surface area contributed by atoms with Crippen LogP contribution in [0.4, 0.5) is 0 Å². The monoisotopic (exact) mass is 238 g/mol. The van der Waals surface area contributed by atoms with Gasteiger partial charge in [0.05, 0.1) is 6.04 Å². The summed E-state index contributed by atoms with van der Waals surface area (Å²) in [6.07, 6.45) is 1.84. The molecule has 0 aromatic rings. The highest BCUT2D eigenvalue weighted by molar-refractivity contribution is 6.08. The Hall–Kier alpha value is -0.940. The fourth-order valence-electron chi connectivity index (χ4n) is 2.41. The number of carbonyl (C=O) groups excluding carboxylic acids is 1. The van der Waals surface area contributed by atoms with Crippen molar-refractivity contribution < 1.29 is 4.79 Å². The van der Waals surface area contributed by atoms with Crippen molar-refractivity contribution in [3.8, 4) is 0 Å². The fraction of sp³-hybridized carbons (Fsp3) is 0.833. The van der Waals surface area contributed by atoms with Crippen LogP contribution in [0.1, 0.15) is 19.8 Å². The van der Waals surface area contributed by atoms with E-state index in [-0.39, 0.29) is 18.0 Å². The zero-order chi connectivity index (χ0) is 12.4. The molecule has 2 atom stereocenters. The molecule has 5 nitrogen and oxygen atoms in total. The Morgan fingerprint density at radius 1 is 1.41 bits per heavy atom. The number of hydrogen-bond donors (Lipinski definition) is 1. The molecule has 0 aromatic heterocycles. The number of rotatable bonds is 3. The SMILES string of the molecule is CCCC1N=C(C2CN(C)CCN2C)NC1=O. The average Bonchev–Trinajstić information content (AvgIpc) is 2.64. The minimum Gasteiger partial charge on any atom is -0.311 e. The molecule has 0 aromatic carbocycles. The molecular formula is C12H22N4O. The zero-order valence-corrected chi connectivity index (χ0v) is 10.9. The Labute approximate surface area is 103 Å². The summed E-state index contributed by atoms with van der Waals surface area (Å²) < 4.78 is 0. The van der Waals surface area contributed by atoms with E-state index in [4.69, 9.17) is 0 Å². The number of hydrogen-bond acceptors (Lipinski definition) is 4. The van der Waals surface area contributed by atoms with E-state index in [1.165, 1.54) is 0 Å². The molecule has 0 bridgehead atoms. The van der Waals surface area contributed by atoms with Gasteiger partial charge in [-0.1, -0.05) is 13.3 Å². The summed E-state index contributed by atoms with van der Waals surface area (Å²) >= 11 is 0. The lowest BCUT2D eigenvalue weighted by Gasteiger charge is -2.37. The van der Waals surface area contributed by atoms with Gasteiger partial charge in [-0.05, 0) is 20.5 Å². The maximum absolute atomic E-state index is 11.7. The van der Waals surface area contributed by atoms with Crippen molar-refractivity contribution in [1.29, 1.82) is 0 Å². The smallest absolute Gasteiger partial charge is 0.250 e. The fourth-order valence-corrected chi connectivity index (χ4v) is 2.41. The first-order chi connectivity index (χ1) is 8.11. The van der Waals surface area contributed by atoms with E-state index in [1.54, 1.807) is 0 Å². The van der Waals surface area contributed by atoms with Crippen LogP contribution in [0.5, 0.6) is 0 Å². The molecule has 96 valence electrons. The third kappa shape index (κ3) is 2.66. The van der Waals surface area contributed by atoms with Crippen molar-refractivity contribution >= 4 is 11.7 Å². The summed E-state index contributed by atoms with van der Waals surface area (Å²) in [6.45, 7) is 5.12. The van der Waals surface area contributed by atoms with Gasteiger partial charge >= 0.3 is 0 Å². The molecule has 1 saturated heterocycles. The Kier molecular flexibility index (Phi) is 3.79. The van der Waals surface area contributed by atoms with Gasteiger partial charge in [-0.3, -0.25) is 14.7 Å². The van der Waals surface area contributed by atoms with Crippen LogP contribution in [0, 0.1) is 0 Å². The summed E-state index contributed by atoms with van der Waals surface area (Å²) in [5, 5.41) is 2.95. The van der Waals surface area contributed by atoms with E-state index in [2.05, 4.69) is 41.1 Å². The first kappa shape index (κ1) is 12.5. The zero-order valence-electron chi connectivity index (χ0n) is 10.9. The third-order valence-electron chi connectivity index (χ3n) is 3.58. The second-order valence-electron chi connectivity index (χ2n) is 5.07. The first-order valence-corrected chi connectivity index (χ1v) is 6.39. The normalized spacial score (nSPS) is 31.5. The minimum atomic E-state index is -0.157. The number of amidine groups is 1. The van der Waals surface area contributed by atoms with Crippen molar-refractivity contribution in [2.24, 2.45) is 4.99 Å². The Morgan fingerprint density at radius 2 is 2.18 bits per heavy atom. The average molecular weight is 238 g/mol. The highest BCUT2D eigenvalue weighted by Crippen LogP contribution is 2.14. The van der Waals surface area contributed by atoms with Crippen molar-refractivity contribution in [1.82, 2.24) is 15.1 Å². The van der Waals surface area contributed by atoms with Crippen LogP contribution in [-0.4, -0.2) is 67.4 Å². The Balaban J connectivity index is 2.06. The van der Waals surface area contributed by atoms with E-state index in [0.717, 1.165) is 38.3 Å². The van der Waals surface area contributed by atoms with E-state index in [1.807, 2.05) is 0 Å². The summed E-state index contributed by atoms with van der Waals surface area (Å²) in [7, 11) is 4.21. The lowest BCUT2D eigenvalue weighted by atomic mass is 10.1. The quantitative estimate of drug-likeness (QED) is 0.749. The van der Waals surface area contributed by atoms with Gasteiger partial charge in [0.15, 0.2) is 0 Å². The van der Waals surface area contributed by atoms with E-state index < -0.39 is 0 Å². The number of nitrogens with one attached hydrogen (secondary N) is 1. The standard InChI is InChI=1S/C12H22N4O/c1-4-5-9-12(17)14-11(13-9)10-8-15(2)6-7-16(10)3/h9-10H,4-8H2,1-3H3,(H,13,14,17). The van der Waals surface area contributed by atoms with Crippen LogP contribution >= 0.6 is 0 Å². The molecule has 2 unspecified atom stereocenters. The lowest BCUT2D eigenvalue weighted by molar-refractivity contribution is -0.120. The molecule has 0 saturated carbocycles. The molecule has 2 aliphatic rings. The molecule has 0 spiro atoms. The Bertz CT molecular complexity index is 328. The van der Waals surface area contributed by atoms with Crippen LogP contribution in [-0.2, 0) is 4.79 Å². The lowest BCUT2D eigenvalue weighted by Crippen LogP contribution is -2.56. The van der Waals surface area contributed by atoms with Gasteiger partial charge in [-0.15, -0.1) is 0 Å². The molecule has 0 radical (unpaired) electrons. The van der Waals surface area contributed by atoms with Gasteiger partial charge in [0, 0.05) is 19.6 Å². The number of nitrogens with zero attached hydrogens (tertiary/aromatic N) is 3. The largest absolute Gasteiger partial charge is 0.311 e. The highest BCUT2D eigenvalue weighted by Gasteiger charge is 2.33. The predicted molar refractivity (Wildman–Crippen MR) is 68.2 cm³/mol.